The molecule has 5 nitrogen and oxygen atoms in total. The van der Waals surface area contributed by atoms with Gasteiger partial charge in [0.05, 0.1) is 0 Å². The maximum atomic E-state index is 11.1. The first-order valence-corrected chi connectivity index (χ1v) is 4.79. The van der Waals surface area contributed by atoms with Crippen molar-refractivity contribution in [2.24, 2.45) is 5.92 Å². The first-order chi connectivity index (χ1) is 6.83. The lowest BCUT2D eigenvalue weighted by Crippen LogP contribution is -2.48. The second-order valence-corrected chi connectivity index (χ2v) is 3.29. The van der Waals surface area contributed by atoms with Crippen LogP contribution in [0.4, 0.5) is 0 Å². The molecule has 0 amide bonds. The van der Waals surface area contributed by atoms with Gasteiger partial charge in [-0.1, -0.05) is 13.8 Å². The van der Waals surface area contributed by atoms with E-state index in [1.807, 2.05) is 13.8 Å². The Morgan fingerprint density at radius 1 is 1.13 bits per heavy atom. The second-order valence-electron chi connectivity index (χ2n) is 3.29. The third-order valence-electron chi connectivity index (χ3n) is 1.57. The summed E-state index contributed by atoms with van der Waals surface area (Å²) in [5.74, 6) is -4.92. The van der Waals surface area contributed by atoms with Crippen molar-refractivity contribution in [1.82, 2.24) is 0 Å². The van der Waals surface area contributed by atoms with Gasteiger partial charge in [0.2, 0.25) is 5.92 Å². The van der Waals surface area contributed by atoms with Gasteiger partial charge < -0.3 is 9.47 Å². The molecule has 0 spiro atoms. The standard InChI is InChI=1S/C8H10O5.C2H6/c1-4(9)5-6(10)12-8(2,3)13-7(5)11;1-2/h5H,1-3H3;1-2H3. The highest BCUT2D eigenvalue weighted by atomic mass is 16.7. The number of Topliss-reactive ketones (excluding diaryl/α,β-unsaturated/α-hetero) is 1. The van der Waals surface area contributed by atoms with Crippen LogP contribution in [0.1, 0.15) is 34.6 Å². The number of ketones is 1. The third-order valence-corrected chi connectivity index (χ3v) is 1.57. The highest BCUT2D eigenvalue weighted by Gasteiger charge is 2.45. The highest BCUT2D eigenvalue weighted by Crippen LogP contribution is 2.23. The van der Waals surface area contributed by atoms with Crippen LogP contribution in [-0.2, 0) is 23.9 Å². The number of rotatable bonds is 1. The zero-order valence-corrected chi connectivity index (χ0v) is 9.62. The number of hydrogen-bond acceptors (Lipinski definition) is 5. The molecule has 0 N–H and O–H groups in total. The Labute approximate surface area is 88.7 Å². The van der Waals surface area contributed by atoms with Crippen LogP contribution in [0.3, 0.4) is 0 Å². The summed E-state index contributed by atoms with van der Waals surface area (Å²) < 4.78 is 9.43. The first-order valence-electron chi connectivity index (χ1n) is 4.79. The minimum Gasteiger partial charge on any atom is -0.422 e. The van der Waals surface area contributed by atoms with Crippen molar-refractivity contribution in [3.05, 3.63) is 0 Å². The van der Waals surface area contributed by atoms with Crippen molar-refractivity contribution in [3.63, 3.8) is 0 Å². The van der Waals surface area contributed by atoms with Crippen LogP contribution in [0.5, 0.6) is 0 Å². The number of carbonyl (C=O) groups excluding carboxylic acids is 3. The van der Waals surface area contributed by atoms with Gasteiger partial charge in [-0.25, -0.2) is 0 Å². The van der Waals surface area contributed by atoms with E-state index >= 15 is 0 Å². The number of carbonyl (C=O) groups is 3. The Balaban J connectivity index is 0.000000921. The molecule has 0 bridgehead atoms. The molecule has 1 aliphatic heterocycles. The number of hydrogen-bond donors (Lipinski definition) is 0. The van der Waals surface area contributed by atoms with Crippen LogP contribution < -0.4 is 0 Å². The van der Waals surface area contributed by atoms with Gasteiger partial charge in [0, 0.05) is 13.8 Å². The van der Waals surface area contributed by atoms with Crippen LogP contribution in [0.15, 0.2) is 0 Å². The normalized spacial score (nSPS) is 19.5. The van der Waals surface area contributed by atoms with E-state index in [-0.39, 0.29) is 0 Å². The maximum Gasteiger partial charge on any atom is 0.331 e. The molecular formula is C10H16O5. The maximum absolute atomic E-state index is 11.1. The Morgan fingerprint density at radius 2 is 1.47 bits per heavy atom. The molecule has 0 saturated carbocycles. The van der Waals surface area contributed by atoms with E-state index in [0.717, 1.165) is 6.92 Å². The lowest BCUT2D eigenvalue weighted by Gasteiger charge is -2.31. The van der Waals surface area contributed by atoms with Gasteiger partial charge in [-0.15, -0.1) is 0 Å². The molecule has 0 aromatic carbocycles. The fraction of sp³-hybridized carbons (Fsp3) is 0.700. The molecule has 0 aliphatic carbocycles. The van der Waals surface area contributed by atoms with Crippen LogP contribution in [0.2, 0.25) is 0 Å². The fourth-order valence-electron chi connectivity index (χ4n) is 1.05. The molecule has 15 heavy (non-hydrogen) atoms. The third kappa shape index (κ3) is 3.34. The van der Waals surface area contributed by atoms with Crippen LogP contribution in [0.25, 0.3) is 0 Å². The predicted molar refractivity (Wildman–Crippen MR) is 51.8 cm³/mol. The molecule has 1 fully saturated rings. The summed E-state index contributed by atoms with van der Waals surface area (Å²) in [6, 6.07) is 0. The van der Waals surface area contributed by atoms with Gasteiger partial charge >= 0.3 is 11.9 Å². The molecular weight excluding hydrogens is 200 g/mol. The van der Waals surface area contributed by atoms with Gasteiger partial charge in [0.25, 0.3) is 5.79 Å². The summed E-state index contributed by atoms with van der Waals surface area (Å²) in [6.07, 6.45) is 0. The Bertz CT molecular complexity index is 260. The molecule has 0 aromatic rings. The van der Waals surface area contributed by atoms with Crippen molar-refractivity contribution in [2.45, 2.75) is 40.4 Å². The zero-order chi connectivity index (χ0) is 12.2. The first kappa shape index (κ1) is 13.6. The van der Waals surface area contributed by atoms with E-state index < -0.39 is 29.4 Å². The van der Waals surface area contributed by atoms with Crippen LogP contribution in [0, 0.1) is 5.92 Å². The van der Waals surface area contributed by atoms with Crippen molar-refractivity contribution < 1.29 is 23.9 Å². The highest BCUT2D eigenvalue weighted by molar-refractivity contribution is 6.15. The molecule has 1 saturated heterocycles. The van der Waals surface area contributed by atoms with E-state index in [9.17, 15) is 14.4 Å². The Hall–Kier alpha value is -1.39. The Morgan fingerprint density at radius 3 is 1.73 bits per heavy atom. The minimum atomic E-state index is -1.41. The summed E-state index contributed by atoms with van der Waals surface area (Å²) in [6.45, 7) is 8.00. The molecule has 0 radical (unpaired) electrons. The molecule has 0 unspecified atom stereocenters. The smallest absolute Gasteiger partial charge is 0.331 e. The fourth-order valence-corrected chi connectivity index (χ4v) is 1.05. The molecule has 86 valence electrons. The molecule has 0 aromatic heterocycles. The quantitative estimate of drug-likeness (QED) is 0.484. The summed E-state index contributed by atoms with van der Waals surface area (Å²) in [7, 11) is 0. The zero-order valence-electron chi connectivity index (χ0n) is 9.62. The predicted octanol–water partition coefficient (Wildman–Crippen LogP) is 1.05. The van der Waals surface area contributed by atoms with Gasteiger partial charge in [-0.05, 0) is 6.92 Å². The Kier molecular flexibility index (Phi) is 4.45. The van der Waals surface area contributed by atoms with E-state index in [1.54, 1.807) is 0 Å². The lowest BCUT2D eigenvalue weighted by atomic mass is 10.0. The van der Waals surface area contributed by atoms with Crippen LogP contribution in [-0.4, -0.2) is 23.5 Å². The molecule has 0 atom stereocenters. The summed E-state index contributed by atoms with van der Waals surface area (Å²) in [5.41, 5.74) is 0. The van der Waals surface area contributed by atoms with Crippen LogP contribution >= 0.6 is 0 Å². The average molecular weight is 216 g/mol. The molecule has 1 heterocycles. The van der Waals surface area contributed by atoms with Gasteiger partial charge in [0.1, 0.15) is 0 Å². The largest absolute Gasteiger partial charge is 0.422 e. The SMILES string of the molecule is CC.CC(=O)C1C(=O)OC(C)(C)OC1=O. The molecule has 1 aliphatic rings. The van der Waals surface area contributed by atoms with E-state index in [1.165, 1.54) is 13.8 Å². The number of esters is 2. The number of ether oxygens (including phenoxy) is 2. The minimum absolute atomic E-state index is 0.564. The average Bonchev–Trinajstić information content (AvgIpc) is 2.02. The molecule has 5 heteroatoms. The van der Waals surface area contributed by atoms with Crippen molar-refractivity contribution in [3.8, 4) is 0 Å². The number of cyclic esters (lactones) is 2. The topological polar surface area (TPSA) is 69.7 Å². The van der Waals surface area contributed by atoms with E-state index in [4.69, 9.17) is 9.47 Å². The van der Waals surface area contributed by atoms with Gasteiger partial charge in [-0.2, -0.15) is 0 Å². The molecule has 1 rings (SSSR count). The monoisotopic (exact) mass is 216 g/mol. The summed E-state index contributed by atoms with van der Waals surface area (Å²) in [5, 5.41) is 0. The van der Waals surface area contributed by atoms with E-state index in [2.05, 4.69) is 0 Å². The van der Waals surface area contributed by atoms with E-state index in [0.29, 0.717) is 0 Å². The lowest BCUT2D eigenvalue weighted by molar-refractivity contribution is -0.238. The van der Waals surface area contributed by atoms with Crippen molar-refractivity contribution in [1.29, 1.82) is 0 Å². The summed E-state index contributed by atoms with van der Waals surface area (Å²) >= 11 is 0. The van der Waals surface area contributed by atoms with Gasteiger partial charge in [-0.3, -0.25) is 14.4 Å². The summed E-state index contributed by atoms with van der Waals surface area (Å²) in [4.78, 5) is 33.1. The second kappa shape index (κ2) is 4.91. The van der Waals surface area contributed by atoms with Gasteiger partial charge in [0.15, 0.2) is 5.78 Å². The van der Waals surface area contributed by atoms with Crippen molar-refractivity contribution in [2.75, 3.05) is 0 Å². The van der Waals surface area contributed by atoms with Crippen molar-refractivity contribution >= 4 is 17.7 Å².